The number of aryl methyl sites for hydroxylation is 1. The third-order valence-corrected chi connectivity index (χ3v) is 3.21. The van der Waals surface area contributed by atoms with Crippen LogP contribution in [0.2, 0.25) is 0 Å². The number of phenols is 1. The molecular formula is C15H24O2. The summed E-state index contributed by atoms with van der Waals surface area (Å²) in [6.45, 7) is 9.06. The van der Waals surface area contributed by atoms with Crippen molar-refractivity contribution in [1.82, 2.24) is 0 Å². The Labute approximate surface area is 105 Å². The highest BCUT2D eigenvalue weighted by atomic mass is 16.5. The van der Waals surface area contributed by atoms with Gasteiger partial charge in [0.25, 0.3) is 0 Å². The summed E-state index contributed by atoms with van der Waals surface area (Å²) in [6.07, 6.45) is 3.89. The molecule has 0 bridgehead atoms. The van der Waals surface area contributed by atoms with Gasteiger partial charge < -0.3 is 9.84 Å². The van der Waals surface area contributed by atoms with E-state index < -0.39 is 0 Å². The molecule has 1 N–H and O–H groups in total. The zero-order chi connectivity index (χ0) is 12.8. The molecule has 2 nitrogen and oxygen atoms in total. The molecule has 1 rings (SSSR count). The van der Waals surface area contributed by atoms with E-state index in [9.17, 15) is 5.11 Å². The molecule has 0 aliphatic heterocycles. The lowest BCUT2D eigenvalue weighted by molar-refractivity contribution is 0.306. The van der Waals surface area contributed by atoms with Crippen molar-refractivity contribution in [2.24, 2.45) is 0 Å². The number of hydrogen-bond acceptors (Lipinski definition) is 2. The average molecular weight is 236 g/mol. The Morgan fingerprint density at radius 2 is 1.88 bits per heavy atom. The highest BCUT2D eigenvalue weighted by Crippen LogP contribution is 2.34. The van der Waals surface area contributed by atoms with Gasteiger partial charge in [0, 0.05) is 5.56 Å². The molecule has 0 fully saturated rings. The first kappa shape index (κ1) is 13.9. The number of rotatable bonds is 6. The Balaban J connectivity index is 3.04. The topological polar surface area (TPSA) is 29.5 Å². The lowest BCUT2D eigenvalue weighted by atomic mass is 9.98. The Morgan fingerprint density at radius 3 is 2.41 bits per heavy atom. The highest BCUT2D eigenvalue weighted by Gasteiger charge is 2.13. The van der Waals surface area contributed by atoms with Crippen LogP contribution in [0.4, 0.5) is 0 Å². The molecule has 17 heavy (non-hydrogen) atoms. The molecule has 0 aliphatic carbocycles. The van der Waals surface area contributed by atoms with E-state index in [1.165, 1.54) is 0 Å². The normalized spacial score (nSPS) is 10.6. The van der Waals surface area contributed by atoms with Gasteiger partial charge in [-0.1, -0.05) is 27.2 Å². The number of phenolic OH excluding ortho intramolecular Hbond substituents is 1. The fourth-order valence-electron chi connectivity index (χ4n) is 2.03. The van der Waals surface area contributed by atoms with Gasteiger partial charge in [-0.05, 0) is 43.4 Å². The maximum absolute atomic E-state index is 10.1. The molecule has 0 atom stereocenters. The van der Waals surface area contributed by atoms with Crippen molar-refractivity contribution >= 4 is 0 Å². The summed E-state index contributed by atoms with van der Waals surface area (Å²) in [5.41, 5.74) is 3.09. The second-order valence-electron chi connectivity index (χ2n) is 4.40. The first-order chi connectivity index (χ1) is 8.15. The van der Waals surface area contributed by atoms with Crippen molar-refractivity contribution in [3.8, 4) is 11.5 Å². The van der Waals surface area contributed by atoms with Crippen molar-refractivity contribution in [3.05, 3.63) is 22.8 Å². The smallest absolute Gasteiger partial charge is 0.123 e. The number of ether oxygens (including phenoxy) is 1. The summed E-state index contributed by atoms with van der Waals surface area (Å²) in [5, 5.41) is 10.1. The van der Waals surface area contributed by atoms with Crippen LogP contribution in [-0.4, -0.2) is 11.7 Å². The first-order valence-corrected chi connectivity index (χ1v) is 6.62. The molecule has 1 aromatic carbocycles. The van der Waals surface area contributed by atoms with E-state index in [1.54, 1.807) is 0 Å². The van der Waals surface area contributed by atoms with Gasteiger partial charge in [-0.2, -0.15) is 0 Å². The highest BCUT2D eigenvalue weighted by molar-refractivity contribution is 5.52. The van der Waals surface area contributed by atoms with Gasteiger partial charge in [-0.3, -0.25) is 0 Å². The van der Waals surface area contributed by atoms with Crippen molar-refractivity contribution in [2.45, 2.75) is 53.4 Å². The number of hydrogen-bond donors (Lipinski definition) is 1. The maximum atomic E-state index is 10.1. The Morgan fingerprint density at radius 1 is 1.18 bits per heavy atom. The van der Waals surface area contributed by atoms with E-state index >= 15 is 0 Å². The van der Waals surface area contributed by atoms with Crippen LogP contribution in [0.15, 0.2) is 6.07 Å². The van der Waals surface area contributed by atoms with Crippen molar-refractivity contribution in [1.29, 1.82) is 0 Å². The molecule has 0 unspecified atom stereocenters. The SMILES string of the molecule is CCCCOc1cc(CC)c(O)c(CC)c1C. The molecule has 0 saturated carbocycles. The summed E-state index contributed by atoms with van der Waals surface area (Å²) < 4.78 is 5.81. The van der Waals surface area contributed by atoms with Crippen molar-refractivity contribution in [3.63, 3.8) is 0 Å². The third-order valence-electron chi connectivity index (χ3n) is 3.21. The summed E-state index contributed by atoms with van der Waals surface area (Å²) in [6, 6.07) is 1.99. The Hall–Kier alpha value is -1.18. The average Bonchev–Trinajstić information content (AvgIpc) is 2.33. The van der Waals surface area contributed by atoms with Crippen molar-refractivity contribution < 1.29 is 9.84 Å². The Kier molecular flexibility index (Phi) is 5.33. The van der Waals surface area contributed by atoms with Gasteiger partial charge in [0.15, 0.2) is 0 Å². The standard InChI is InChI=1S/C15H24O2/c1-5-8-9-17-14-10-12(6-2)15(16)13(7-3)11(14)4/h10,16H,5-9H2,1-4H3. The van der Waals surface area contributed by atoms with Crippen LogP contribution in [0.5, 0.6) is 11.5 Å². The van der Waals surface area contributed by atoms with E-state index in [1.807, 2.05) is 13.0 Å². The minimum absolute atomic E-state index is 0.454. The lowest BCUT2D eigenvalue weighted by Crippen LogP contribution is -2.02. The predicted octanol–water partition coefficient (Wildman–Crippen LogP) is 4.00. The zero-order valence-corrected chi connectivity index (χ0v) is 11.5. The summed E-state index contributed by atoms with van der Waals surface area (Å²) in [4.78, 5) is 0. The molecule has 0 saturated heterocycles. The van der Waals surface area contributed by atoms with Gasteiger partial charge in [-0.25, -0.2) is 0 Å². The molecule has 0 heterocycles. The lowest BCUT2D eigenvalue weighted by Gasteiger charge is -2.16. The molecule has 2 heteroatoms. The molecule has 0 radical (unpaired) electrons. The molecule has 0 spiro atoms. The second kappa shape index (κ2) is 6.53. The molecule has 0 amide bonds. The Bertz CT molecular complexity index is 370. The van der Waals surface area contributed by atoms with Crippen molar-refractivity contribution in [2.75, 3.05) is 6.61 Å². The van der Waals surface area contributed by atoms with E-state index in [0.29, 0.717) is 5.75 Å². The van der Waals surface area contributed by atoms with E-state index in [4.69, 9.17) is 4.74 Å². The van der Waals surface area contributed by atoms with E-state index in [0.717, 1.165) is 54.7 Å². The van der Waals surface area contributed by atoms with Crippen LogP contribution in [0.1, 0.15) is 50.3 Å². The monoisotopic (exact) mass is 236 g/mol. The summed E-state index contributed by atoms with van der Waals surface area (Å²) in [7, 11) is 0. The van der Waals surface area contributed by atoms with Crippen LogP contribution in [0.25, 0.3) is 0 Å². The van der Waals surface area contributed by atoms with E-state index in [2.05, 4.69) is 20.8 Å². The minimum atomic E-state index is 0.454. The second-order valence-corrected chi connectivity index (χ2v) is 4.40. The summed E-state index contributed by atoms with van der Waals surface area (Å²) in [5.74, 6) is 1.39. The van der Waals surface area contributed by atoms with Crippen LogP contribution in [0, 0.1) is 6.92 Å². The fraction of sp³-hybridized carbons (Fsp3) is 0.600. The minimum Gasteiger partial charge on any atom is -0.507 e. The van der Waals surface area contributed by atoms with E-state index in [-0.39, 0.29) is 0 Å². The quantitative estimate of drug-likeness (QED) is 0.756. The molecule has 0 aromatic heterocycles. The van der Waals surface area contributed by atoms with Crippen LogP contribution in [0.3, 0.4) is 0 Å². The molecule has 96 valence electrons. The predicted molar refractivity (Wildman–Crippen MR) is 72.0 cm³/mol. The van der Waals surface area contributed by atoms with Crippen LogP contribution < -0.4 is 4.74 Å². The zero-order valence-electron chi connectivity index (χ0n) is 11.5. The van der Waals surface area contributed by atoms with Gasteiger partial charge in [0.2, 0.25) is 0 Å². The number of unbranched alkanes of at least 4 members (excludes halogenated alkanes) is 1. The third kappa shape index (κ3) is 3.15. The molecule has 0 aliphatic rings. The number of aromatic hydroxyl groups is 1. The molecule has 1 aromatic rings. The van der Waals surface area contributed by atoms with Gasteiger partial charge in [0.05, 0.1) is 6.61 Å². The van der Waals surface area contributed by atoms with Gasteiger partial charge >= 0.3 is 0 Å². The largest absolute Gasteiger partial charge is 0.507 e. The maximum Gasteiger partial charge on any atom is 0.123 e. The van der Waals surface area contributed by atoms with Crippen LogP contribution in [-0.2, 0) is 12.8 Å². The first-order valence-electron chi connectivity index (χ1n) is 6.62. The number of benzene rings is 1. The van der Waals surface area contributed by atoms with Gasteiger partial charge in [0.1, 0.15) is 11.5 Å². The van der Waals surface area contributed by atoms with Gasteiger partial charge in [-0.15, -0.1) is 0 Å². The molecular weight excluding hydrogens is 212 g/mol. The fourth-order valence-corrected chi connectivity index (χ4v) is 2.03. The summed E-state index contributed by atoms with van der Waals surface area (Å²) >= 11 is 0. The van der Waals surface area contributed by atoms with Crippen LogP contribution >= 0.6 is 0 Å².